The number of nitrogens with one attached hydrogen (secondary N) is 2. The zero-order chi connectivity index (χ0) is 19.8. The number of hydrogen-bond acceptors (Lipinski definition) is 3. The molecule has 0 bridgehead atoms. The van der Waals surface area contributed by atoms with Gasteiger partial charge in [0.25, 0.3) is 0 Å². The lowest BCUT2D eigenvalue weighted by Gasteiger charge is -2.43. The summed E-state index contributed by atoms with van der Waals surface area (Å²) >= 11 is 0. The van der Waals surface area contributed by atoms with Crippen LogP contribution in [-0.4, -0.2) is 34.5 Å². The van der Waals surface area contributed by atoms with E-state index >= 15 is 0 Å². The van der Waals surface area contributed by atoms with Crippen molar-refractivity contribution in [3.63, 3.8) is 0 Å². The molecule has 5 rings (SSSR count). The van der Waals surface area contributed by atoms with Crippen LogP contribution in [0.25, 0.3) is 10.9 Å². The number of amides is 2. The SMILES string of the molecule is O=C(N[C@H]1CCC(=O)N2CCc3c([nH]c4ccccc34)[C@@H]12)OCc1ccccc1. The Morgan fingerprint density at radius 1 is 1.10 bits per heavy atom. The number of alkyl carbamates (subject to hydrolysis) is 1. The molecular weight excluding hydrogens is 366 g/mol. The van der Waals surface area contributed by atoms with E-state index in [9.17, 15) is 9.59 Å². The highest BCUT2D eigenvalue weighted by Gasteiger charge is 2.42. The number of rotatable bonds is 3. The quantitative estimate of drug-likeness (QED) is 0.718. The molecule has 6 heteroatoms. The van der Waals surface area contributed by atoms with Crippen LogP contribution in [0.2, 0.25) is 0 Å². The summed E-state index contributed by atoms with van der Waals surface area (Å²) in [6.07, 6.45) is 1.42. The van der Waals surface area contributed by atoms with E-state index < -0.39 is 6.09 Å². The molecule has 0 aliphatic carbocycles. The lowest BCUT2D eigenvalue weighted by atomic mass is 9.87. The Labute approximate surface area is 168 Å². The van der Waals surface area contributed by atoms with Crippen LogP contribution in [0.4, 0.5) is 4.79 Å². The molecule has 0 unspecified atom stereocenters. The third-order valence-electron chi connectivity index (χ3n) is 5.97. The van der Waals surface area contributed by atoms with Gasteiger partial charge in [-0.05, 0) is 30.0 Å². The first-order chi connectivity index (χ1) is 14.2. The van der Waals surface area contributed by atoms with Gasteiger partial charge in [-0.1, -0.05) is 48.5 Å². The van der Waals surface area contributed by atoms with Crippen molar-refractivity contribution < 1.29 is 14.3 Å². The van der Waals surface area contributed by atoms with Crippen LogP contribution in [0.15, 0.2) is 54.6 Å². The molecule has 1 saturated heterocycles. The maximum Gasteiger partial charge on any atom is 0.407 e. The van der Waals surface area contributed by atoms with Gasteiger partial charge in [-0.2, -0.15) is 0 Å². The Hall–Kier alpha value is -3.28. The first kappa shape index (κ1) is 17.8. The summed E-state index contributed by atoms with van der Waals surface area (Å²) in [5.74, 6) is 0.148. The van der Waals surface area contributed by atoms with Crippen molar-refractivity contribution in [1.82, 2.24) is 15.2 Å². The third kappa shape index (κ3) is 3.24. The Bertz CT molecular complexity index is 1060. The molecule has 2 aliphatic rings. The van der Waals surface area contributed by atoms with Gasteiger partial charge in [0, 0.05) is 29.6 Å². The molecule has 1 fully saturated rings. The molecule has 3 aromatic rings. The molecule has 148 valence electrons. The first-order valence-electron chi connectivity index (χ1n) is 10.1. The predicted octanol–water partition coefficient (Wildman–Crippen LogP) is 3.68. The molecule has 2 aromatic carbocycles. The van der Waals surface area contributed by atoms with E-state index in [1.165, 1.54) is 10.9 Å². The average Bonchev–Trinajstić information content (AvgIpc) is 3.14. The Morgan fingerprint density at radius 3 is 2.76 bits per heavy atom. The number of aromatic nitrogens is 1. The normalized spacial score (nSPS) is 20.8. The second-order valence-corrected chi connectivity index (χ2v) is 7.70. The molecular formula is C23H23N3O3. The largest absolute Gasteiger partial charge is 0.445 e. The number of H-pyrrole nitrogens is 1. The predicted molar refractivity (Wildman–Crippen MR) is 109 cm³/mol. The molecule has 6 nitrogen and oxygen atoms in total. The summed E-state index contributed by atoms with van der Waals surface area (Å²) in [5.41, 5.74) is 4.31. The van der Waals surface area contributed by atoms with E-state index in [4.69, 9.17) is 4.74 Å². The van der Waals surface area contributed by atoms with Gasteiger partial charge in [0.15, 0.2) is 0 Å². The maximum absolute atomic E-state index is 12.6. The molecule has 0 radical (unpaired) electrons. The van der Waals surface area contributed by atoms with E-state index in [1.54, 1.807) is 0 Å². The van der Waals surface area contributed by atoms with Gasteiger partial charge in [0.05, 0.1) is 12.1 Å². The van der Waals surface area contributed by atoms with Crippen molar-refractivity contribution in [3.8, 4) is 0 Å². The number of carbonyl (C=O) groups excluding carboxylic acids is 2. The number of hydrogen-bond donors (Lipinski definition) is 2. The molecule has 1 aromatic heterocycles. The number of nitrogens with zero attached hydrogens (tertiary/aromatic N) is 1. The number of aromatic amines is 1. The van der Waals surface area contributed by atoms with Gasteiger partial charge in [-0.15, -0.1) is 0 Å². The van der Waals surface area contributed by atoms with Crippen LogP contribution < -0.4 is 5.32 Å². The summed E-state index contributed by atoms with van der Waals surface area (Å²) in [5, 5.41) is 4.22. The fourth-order valence-electron chi connectivity index (χ4n) is 4.62. The van der Waals surface area contributed by atoms with Gasteiger partial charge in [0.1, 0.15) is 6.61 Å². The average molecular weight is 389 g/mol. The third-order valence-corrected chi connectivity index (χ3v) is 5.97. The fraction of sp³-hybridized carbons (Fsp3) is 0.304. The monoisotopic (exact) mass is 389 g/mol. The smallest absolute Gasteiger partial charge is 0.407 e. The van der Waals surface area contributed by atoms with Crippen LogP contribution in [-0.2, 0) is 22.6 Å². The Morgan fingerprint density at radius 2 is 1.90 bits per heavy atom. The molecule has 0 spiro atoms. The lowest BCUT2D eigenvalue weighted by Crippen LogP contribution is -2.54. The van der Waals surface area contributed by atoms with Crippen LogP contribution in [0.1, 0.15) is 35.7 Å². The van der Waals surface area contributed by atoms with Crippen LogP contribution in [0.3, 0.4) is 0 Å². The van der Waals surface area contributed by atoms with Crippen molar-refractivity contribution in [2.45, 2.75) is 38.0 Å². The van der Waals surface area contributed by atoms with Gasteiger partial charge < -0.3 is 19.9 Å². The van der Waals surface area contributed by atoms with Crippen molar-refractivity contribution in [3.05, 3.63) is 71.4 Å². The number of para-hydroxylation sites is 1. The van der Waals surface area contributed by atoms with Crippen LogP contribution in [0, 0.1) is 0 Å². The van der Waals surface area contributed by atoms with Crippen LogP contribution in [0.5, 0.6) is 0 Å². The Kier molecular flexibility index (Phi) is 4.46. The fourth-order valence-corrected chi connectivity index (χ4v) is 4.62. The van der Waals surface area contributed by atoms with E-state index in [0.29, 0.717) is 19.4 Å². The first-order valence-corrected chi connectivity index (χ1v) is 10.1. The topological polar surface area (TPSA) is 74.4 Å². The van der Waals surface area contributed by atoms with Gasteiger partial charge in [-0.3, -0.25) is 4.79 Å². The van der Waals surface area contributed by atoms with Gasteiger partial charge >= 0.3 is 6.09 Å². The maximum atomic E-state index is 12.6. The van der Waals surface area contributed by atoms with Gasteiger partial charge in [0.2, 0.25) is 5.91 Å². The highest BCUT2D eigenvalue weighted by Crippen LogP contribution is 2.40. The van der Waals surface area contributed by atoms with Crippen molar-refractivity contribution >= 4 is 22.9 Å². The standard InChI is InChI=1S/C23H23N3O3/c27-20-11-10-19(25-23(28)29-14-15-6-2-1-3-7-15)22-21-17(12-13-26(20)22)16-8-4-5-9-18(16)24-21/h1-9,19,22,24H,10-14H2,(H,25,28)/t19-,22+/m0/s1. The van der Waals surface area contributed by atoms with E-state index in [1.807, 2.05) is 47.4 Å². The summed E-state index contributed by atoms with van der Waals surface area (Å²) in [6, 6.07) is 17.5. The van der Waals surface area contributed by atoms with Crippen molar-refractivity contribution in [2.24, 2.45) is 0 Å². The minimum absolute atomic E-state index is 0.148. The van der Waals surface area contributed by atoms with Crippen LogP contribution >= 0.6 is 0 Å². The zero-order valence-electron chi connectivity index (χ0n) is 16.1. The lowest BCUT2D eigenvalue weighted by molar-refractivity contribution is -0.138. The van der Waals surface area contributed by atoms with Crippen molar-refractivity contribution in [2.75, 3.05) is 6.54 Å². The second kappa shape index (κ2) is 7.28. The number of benzene rings is 2. The van der Waals surface area contributed by atoms with E-state index in [-0.39, 0.29) is 24.6 Å². The molecule has 2 N–H and O–H groups in total. The number of ether oxygens (including phenoxy) is 1. The minimum Gasteiger partial charge on any atom is -0.445 e. The zero-order valence-corrected chi connectivity index (χ0v) is 16.1. The highest BCUT2D eigenvalue weighted by atomic mass is 16.5. The summed E-state index contributed by atoms with van der Waals surface area (Å²) in [4.78, 5) is 30.5. The number of fused-ring (bicyclic) bond motifs is 5. The number of piperidine rings is 1. The molecule has 0 saturated carbocycles. The number of carbonyl (C=O) groups is 2. The molecule has 2 aliphatic heterocycles. The minimum atomic E-state index is -0.448. The second-order valence-electron chi connectivity index (χ2n) is 7.70. The van der Waals surface area contributed by atoms with E-state index in [0.717, 1.165) is 23.2 Å². The van der Waals surface area contributed by atoms with Gasteiger partial charge in [-0.25, -0.2) is 4.79 Å². The molecule has 3 heterocycles. The summed E-state index contributed by atoms with van der Waals surface area (Å²) < 4.78 is 5.42. The molecule has 29 heavy (non-hydrogen) atoms. The Balaban J connectivity index is 1.38. The van der Waals surface area contributed by atoms with Crippen molar-refractivity contribution in [1.29, 1.82) is 0 Å². The van der Waals surface area contributed by atoms with E-state index in [2.05, 4.69) is 22.4 Å². The highest BCUT2D eigenvalue weighted by molar-refractivity contribution is 5.86. The molecule has 2 amide bonds. The summed E-state index contributed by atoms with van der Waals surface area (Å²) in [7, 11) is 0. The summed E-state index contributed by atoms with van der Waals surface area (Å²) in [6.45, 7) is 0.903. The molecule has 2 atom stereocenters.